The van der Waals surface area contributed by atoms with Crippen LogP contribution >= 0.6 is 0 Å². The van der Waals surface area contributed by atoms with E-state index in [1.807, 2.05) is 0 Å². The number of hydrogen-bond acceptors (Lipinski definition) is 2. The SMILES string of the molecule is CCC(=O)O.CCCCCCCCCCNC(=O)O. The van der Waals surface area contributed by atoms with Crippen LogP contribution in [-0.2, 0) is 4.79 Å². The fourth-order valence-electron chi connectivity index (χ4n) is 1.45. The maximum atomic E-state index is 10.1. The third-order valence-electron chi connectivity index (χ3n) is 2.61. The molecule has 0 aromatic heterocycles. The van der Waals surface area contributed by atoms with Crippen LogP contribution in [0, 0.1) is 0 Å². The van der Waals surface area contributed by atoms with Crippen LogP contribution in [0.1, 0.15) is 71.6 Å². The second-order valence-electron chi connectivity index (χ2n) is 4.45. The molecule has 1 amide bonds. The number of aliphatic carboxylic acids is 1. The normalized spacial score (nSPS) is 9.37. The summed E-state index contributed by atoms with van der Waals surface area (Å²) < 4.78 is 0. The highest BCUT2D eigenvalue weighted by molar-refractivity contribution is 5.66. The van der Waals surface area contributed by atoms with E-state index in [1.165, 1.54) is 38.5 Å². The van der Waals surface area contributed by atoms with E-state index in [0.29, 0.717) is 6.54 Å². The maximum absolute atomic E-state index is 10.1. The van der Waals surface area contributed by atoms with E-state index < -0.39 is 12.1 Å². The van der Waals surface area contributed by atoms with Crippen molar-refractivity contribution in [3.05, 3.63) is 0 Å². The van der Waals surface area contributed by atoms with Gasteiger partial charge in [-0.25, -0.2) is 4.79 Å². The van der Waals surface area contributed by atoms with Crippen molar-refractivity contribution >= 4 is 12.1 Å². The molecule has 0 saturated heterocycles. The molecule has 0 atom stereocenters. The molecular weight excluding hydrogens is 246 g/mol. The molecule has 3 N–H and O–H groups in total. The second-order valence-corrected chi connectivity index (χ2v) is 4.45. The minimum Gasteiger partial charge on any atom is -0.481 e. The number of carboxylic acid groups (broad SMARTS) is 2. The zero-order valence-corrected chi connectivity index (χ0v) is 12.3. The molecule has 0 bridgehead atoms. The molecule has 0 saturated carbocycles. The Kier molecular flexibility index (Phi) is 17.7. The van der Waals surface area contributed by atoms with E-state index >= 15 is 0 Å². The summed E-state index contributed by atoms with van der Waals surface area (Å²) in [5.74, 6) is -0.745. The van der Waals surface area contributed by atoms with Gasteiger partial charge in [-0.2, -0.15) is 0 Å². The summed E-state index contributed by atoms with van der Waals surface area (Å²) in [6.45, 7) is 4.42. The number of carbonyl (C=O) groups is 2. The summed E-state index contributed by atoms with van der Waals surface area (Å²) in [6, 6.07) is 0. The van der Waals surface area contributed by atoms with Gasteiger partial charge in [0.15, 0.2) is 0 Å². The molecule has 0 rings (SSSR count). The lowest BCUT2D eigenvalue weighted by molar-refractivity contribution is -0.136. The Morgan fingerprint density at radius 2 is 1.26 bits per heavy atom. The summed E-state index contributed by atoms with van der Waals surface area (Å²) >= 11 is 0. The fraction of sp³-hybridized carbons (Fsp3) is 0.857. The summed E-state index contributed by atoms with van der Waals surface area (Å²) in [5, 5.41) is 18.4. The molecule has 19 heavy (non-hydrogen) atoms. The molecular formula is C14H29NO4. The Morgan fingerprint density at radius 3 is 1.63 bits per heavy atom. The minimum atomic E-state index is -0.909. The van der Waals surface area contributed by atoms with Gasteiger partial charge in [0.05, 0.1) is 0 Å². The van der Waals surface area contributed by atoms with Crippen LogP contribution in [0.3, 0.4) is 0 Å². The largest absolute Gasteiger partial charge is 0.481 e. The molecule has 0 unspecified atom stereocenters. The van der Waals surface area contributed by atoms with E-state index in [-0.39, 0.29) is 6.42 Å². The van der Waals surface area contributed by atoms with E-state index in [9.17, 15) is 9.59 Å². The van der Waals surface area contributed by atoms with Crippen LogP contribution in [0.25, 0.3) is 0 Å². The van der Waals surface area contributed by atoms with Crippen LogP contribution in [-0.4, -0.2) is 28.8 Å². The predicted octanol–water partition coefficient (Wildman–Crippen LogP) is 3.88. The molecule has 0 aliphatic carbocycles. The second kappa shape index (κ2) is 16.7. The topological polar surface area (TPSA) is 86.6 Å². The summed E-state index contributed by atoms with van der Waals surface area (Å²) in [7, 11) is 0. The van der Waals surface area contributed by atoms with Crippen molar-refractivity contribution in [3.63, 3.8) is 0 Å². The van der Waals surface area contributed by atoms with Crippen molar-refractivity contribution in [3.8, 4) is 0 Å². The molecule has 5 heteroatoms. The van der Waals surface area contributed by atoms with Gasteiger partial charge >= 0.3 is 12.1 Å². The van der Waals surface area contributed by atoms with Crippen LogP contribution in [0.4, 0.5) is 4.79 Å². The first-order valence-electron chi connectivity index (χ1n) is 7.23. The molecule has 0 fully saturated rings. The van der Waals surface area contributed by atoms with Crippen molar-refractivity contribution in [2.75, 3.05) is 6.54 Å². The van der Waals surface area contributed by atoms with Crippen molar-refractivity contribution in [2.24, 2.45) is 0 Å². The Morgan fingerprint density at radius 1 is 0.842 bits per heavy atom. The first kappa shape index (κ1) is 20.1. The molecule has 0 aromatic carbocycles. The van der Waals surface area contributed by atoms with Gasteiger partial charge in [-0.05, 0) is 6.42 Å². The molecule has 5 nitrogen and oxygen atoms in total. The van der Waals surface area contributed by atoms with Crippen molar-refractivity contribution in [1.29, 1.82) is 0 Å². The zero-order valence-electron chi connectivity index (χ0n) is 12.3. The summed E-state index contributed by atoms with van der Waals surface area (Å²) in [6.07, 6.45) is 9.30. The number of nitrogens with one attached hydrogen (secondary N) is 1. The van der Waals surface area contributed by atoms with Crippen molar-refractivity contribution in [1.82, 2.24) is 5.32 Å². The lowest BCUT2D eigenvalue weighted by Crippen LogP contribution is -2.21. The highest BCUT2D eigenvalue weighted by atomic mass is 16.4. The highest BCUT2D eigenvalue weighted by Crippen LogP contribution is 2.07. The maximum Gasteiger partial charge on any atom is 0.404 e. The molecule has 0 heterocycles. The van der Waals surface area contributed by atoms with Crippen LogP contribution in [0.15, 0.2) is 0 Å². The van der Waals surface area contributed by atoms with Crippen molar-refractivity contribution < 1.29 is 19.8 Å². The molecule has 0 aliphatic rings. The van der Waals surface area contributed by atoms with Crippen molar-refractivity contribution in [2.45, 2.75) is 71.6 Å². The van der Waals surface area contributed by atoms with Gasteiger partial charge in [0.2, 0.25) is 0 Å². The lowest BCUT2D eigenvalue weighted by atomic mass is 10.1. The first-order chi connectivity index (χ1) is 9.04. The zero-order chi connectivity index (χ0) is 14.9. The van der Waals surface area contributed by atoms with Gasteiger partial charge in [-0.15, -0.1) is 0 Å². The monoisotopic (exact) mass is 275 g/mol. The van der Waals surface area contributed by atoms with E-state index in [4.69, 9.17) is 10.2 Å². The number of amides is 1. The summed E-state index contributed by atoms with van der Waals surface area (Å²) in [4.78, 5) is 19.5. The van der Waals surface area contributed by atoms with Gasteiger partial charge in [0.25, 0.3) is 0 Å². The molecule has 0 radical (unpaired) electrons. The van der Waals surface area contributed by atoms with Crippen LogP contribution < -0.4 is 5.32 Å². The average molecular weight is 275 g/mol. The smallest absolute Gasteiger partial charge is 0.404 e. The number of carboxylic acids is 1. The average Bonchev–Trinajstić information content (AvgIpc) is 2.37. The molecule has 0 aromatic rings. The highest BCUT2D eigenvalue weighted by Gasteiger charge is 1.93. The third-order valence-corrected chi connectivity index (χ3v) is 2.61. The van der Waals surface area contributed by atoms with Gasteiger partial charge in [0, 0.05) is 13.0 Å². The third kappa shape index (κ3) is 26.4. The number of unbranched alkanes of at least 4 members (excludes halogenated alkanes) is 7. The number of rotatable bonds is 10. The van der Waals surface area contributed by atoms with Gasteiger partial charge in [-0.1, -0.05) is 58.8 Å². The van der Waals surface area contributed by atoms with Gasteiger partial charge in [-0.3, -0.25) is 4.79 Å². The Bertz CT molecular complexity index is 219. The Labute approximate surface area is 116 Å². The lowest BCUT2D eigenvalue weighted by Gasteiger charge is -2.01. The van der Waals surface area contributed by atoms with E-state index in [1.54, 1.807) is 6.92 Å². The first-order valence-corrected chi connectivity index (χ1v) is 7.23. The Hall–Kier alpha value is -1.26. The van der Waals surface area contributed by atoms with E-state index in [2.05, 4.69) is 12.2 Å². The van der Waals surface area contributed by atoms with Crippen LogP contribution in [0.2, 0.25) is 0 Å². The fourth-order valence-corrected chi connectivity index (χ4v) is 1.45. The minimum absolute atomic E-state index is 0.222. The quantitative estimate of drug-likeness (QED) is 0.528. The van der Waals surface area contributed by atoms with Crippen LogP contribution in [0.5, 0.6) is 0 Å². The summed E-state index contributed by atoms with van der Waals surface area (Å²) in [5.41, 5.74) is 0. The van der Waals surface area contributed by atoms with Gasteiger partial charge in [0.1, 0.15) is 0 Å². The van der Waals surface area contributed by atoms with E-state index in [0.717, 1.165) is 12.8 Å². The molecule has 0 spiro atoms. The Balaban J connectivity index is 0. The molecule has 114 valence electrons. The van der Waals surface area contributed by atoms with Gasteiger partial charge < -0.3 is 15.5 Å². The molecule has 0 aliphatic heterocycles. The number of hydrogen-bond donors (Lipinski definition) is 3. The standard InChI is InChI=1S/C11H23NO2.C3H6O2/c1-2-3-4-5-6-7-8-9-10-12-11(13)14;1-2-3(4)5/h12H,2-10H2,1H3,(H,13,14);2H2,1H3,(H,4,5). The predicted molar refractivity (Wildman–Crippen MR) is 76.6 cm³/mol.